The van der Waals surface area contributed by atoms with Crippen molar-refractivity contribution in [2.24, 2.45) is 0 Å². The molecule has 1 aliphatic rings. The largest absolute Gasteiger partial charge is 0.480 e. The standard InChI is InChI=1S/C16H14BrFN2O3/c1-5-6-23-13-8-12(11(18)7-10(13)17)20-15(21)14(9(2)3)19(4)16(20)22/h1,7-8H,6H2,2-4H3. The number of urea groups is 1. The van der Waals surface area contributed by atoms with Crippen LogP contribution in [0.3, 0.4) is 0 Å². The number of likely N-dealkylation sites (N-methyl/N-ethyl adjacent to an activating group) is 1. The van der Waals surface area contributed by atoms with Gasteiger partial charge in [0, 0.05) is 13.1 Å². The van der Waals surface area contributed by atoms with Gasteiger partial charge in [0.2, 0.25) is 0 Å². The molecule has 0 aliphatic carbocycles. The second-order valence-corrected chi connectivity index (χ2v) is 5.91. The van der Waals surface area contributed by atoms with E-state index in [1.807, 2.05) is 0 Å². The van der Waals surface area contributed by atoms with E-state index in [-0.39, 0.29) is 23.7 Å². The number of hydrogen-bond donors (Lipinski definition) is 0. The topological polar surface area (TPSA) is 49.9 Å². The Labute approximate surface area is 141 Å². The van der Waals surface area contributed by atoms with Crippen molar-refractivity contribution in [1.82, 2.24) is 4.90 Å². The third kappa shape index (κ3) is 2.94. The highest BCUT2D eigenvalue weighted by Gasteiger charge is 2.41. The Bertz CT molecular complexity index is 763. The second-order valence-electron chi connectivity index (χ2n) is 5.06. The molecule has 0 radical (unpaired) electrons. The minimum atomic E-state index is -0.727. The van der Waals surface area contributed by atoms with E-state index in [9.17, 15) is 14.0 Å². The molecule has 1 saturated heterocycles. The number of carbonyl (C=O) groups is 2. The summed E-state index contributed by atoms with van der Waals surface area (Å²) in [6.45, 7) is 3.39. The predicted octanol–water partition coefficient (Wildman–Crippen LogP) is 3.29. The maximum absolute atomic E-state index is 14.3. The molecule has 1 heterocycles. The van der Waals surface area contributed by atoms with Gasteiger partial charge in [-0.2, -0.15) is 0 Å². The summed E-state index contributed by atoms with van der Waals surface area (Å²) in [5.74, 6) is 1.23. The van der Waals surface area contributed by atoms with Crippen LogP contribution in [0.25, 0.3) is 0 Å². The summed E-state index contributed by atoms with van der Waals surface area (Å²) in [5.41, 5.74) is 0.705. The van der Waals surface area contributed by atoms with Gasteiger partial charge >= 0.3 is 6.03 Å². The second kappa shape index (κ2) is 6.42. The van der Waals surface area contributed by atoms with Gasteiger partial charge in [-0.15, -0.1) is 6.42 Å². The number of imide groups is 1. The maximum Gasteiger partial charge on any atom is 0.336 e. The summed E-state index contributed by atoms with van der Waals surface area (Å²) in [6.07, 6.45) is 5.13. The molecule has 7 heteroatoms. The lowest BCUT2D eigenvalue weighted by atomic mass is 10.2. The number of hydrogen-bond acceptors (Lipinski definition) is 3. The van der Waals surface area contributed by atoms with Crippen molar-refractivity contribution in [2.45, 2.75) is 13.8 Å². The van der Waals surface area contributed by atoms with Gasteiger partial charge < -0.3 is 4.74 Å². The highest BCUT2D eigenvalue weighted by atomic mass is 79.9. The summed E-state index contributed by atoms with van der Waals surface area (Å²) < 4.78 is 19.9. The lowest BCUT2D eigenvalue weighted by molar-refractivity contribution is -0.114. The Morgan fingerprint density at radius 2 is 2.04 bits per heavy atom. The van der Waals surface area contributed by atoms with E-state index in [1.165, 1.54) is 18.0 Å². The van der Waals surface area contributed by atoms with Crippen molar-refractivity contribution >= 4 is 33.6 Å². The molecule has 1 aliphatic heterocycles. The zero-order chi connectivity index (χ0) is 17.3. The number of carbonyl (C=O) groups excluding carboxylic acids is 2. The quantitative estimate of drug-likeness (QED) is 0.459. The molecule has 0 aromatic heterocycles. The number of halogens is 2. The lowest BCUT2D eigenvalue weighted by Crippen LogP contribution is -2.32. The van der Waals surface area contributed by atoms with E-state index >= 15 is 0 Å². The smallest absolute Gasteiger partial charge is 0.336 e. The van der Waals surface area contributed by atoms with Crippen LogP contribution in [0.4, 0.5) is 14.9 Å². The fraction of sp³-hybridized carbons (Fsp3) is 0.250. The first kappa shape index (κ1) is 17.0. The average Bonchev–Trinajstić information content (AvgIpc) is 2.69. The van der Waals surface area contributed by atoms with E-state index in [1.54, 1.807) is 13.8 Å². The Hall–Kier alpha value is -2.33. The molecule has 1 aromatic rings. The Balaban J connectivity index is 2.54. The Morgan fingerprint density at radius 3 is 2.57 bits per heavy atom. The minimum absolute atomic E-state index is 0.0231. The van der Waals surface area contributed by atoms with E-state index < -0.39 is 17.8 Å². The van der Waals surface area contributed by atoms with Crippen LogP contribution >= 0.6 is 15.9 Å². The van der Waals surface area contributed by atoms with Crippen LogP contribution in [0, 0.1) is 18.2 Å². The van der Waals surface area contributed by atoms with E-state index in [2.05, 4.69) is 21.9 Å². The molecule has 2 rings (SSSR count). The number of terminal acetylenes is 1. The highest BCUT2D eigenvalue weighted by Crippen LogP contribution is 2.36. The molecule has 23 heavy (non-hydrogen) atoms. The highest BCUT2D eigenvalue weighted by molar-refractivity contribution is 9.10. The summed E-state index contributed by atoms with van der Waals surface area (Å²) in [5, 5.41) is 0. The monoisotopic (exact) mass is 380 g/mol. The SMILES string of the molecule is C#CCOc1cc(N2C(=O)C(=C(C)C)N(C)C2=O)c(F)cc1Br. The maximum atomic E-state index is 14.3. The summed E-state index contributed by atoms with van der Waals surface area (Å²) in [6, 6.07) is 1.77. The third-order valence-electron chi connectivity index (χ3n) is 3.25. The van der Waals surface area contributed by atoms with Crippen LogP contribution in [0.15, 0.2) is 27.9 Å². The van der Waals surface area contributed by atoms with Gasteiger partial charge in [0.15, 0.2) is 0 Å². The summed E-state index contributed by atoms with van der Waals surface area (Å²) in [4.78, 5) is 26.8. The van der Waals surface area contributed by atoms with Crippen LogP contribution in [0.2, 0.25) is 0 Å². The molecule has 0 atom stereocenters. The van der Waals surface area contributed by atoms with Crippen LogP contribution < -0.4 is 9.64 Å². The van der Waals surface area contributed by atoms with Crippen molar-refractivity contribution in [3.63, 3.8) is 0 Å². The Kier molecular flexibility index (Phi) is 4.76. The molecule has 0 bridgehead atoms. The van der Waals surface area contributed by atoms with Crippen molar-refractivity contribution < 1.29 is 18.7 Å². The van der Waals surface area contributed by atoms with Crippen molar-refractivity contribution in [1.29, 1.82) is 0 Å². The van der Waals surface area contributed by atoms with Gasteiger partial charge in [0.05, 0.1) is 10.2 Å². The molecule has 1 aromatic carbocycles. The number of anilines is 1. The number of allylic oxidation sites excluding steroid dienone is 1. The van der Waals surface area contributed by atoms with E-state index in [0.717, 1.165) is 11.0 Å². The molecule has 1 fully saturated rings. The molecular weight excluding hydrogens is 367 g/mol. The first-order chi connectivity index (χ1) is 10.8. The van der Waals surface area contributed by atoms with E-state index in [0.29, 0.717) is 10.0 Å². The van der Waals surface area contributed by atoms with Crippen molar-refractivity contribution in [3.8, 4) is 18.1 Å². The minimum Gasteiger partial charge on any atom is -0.480 e. The van der Waals surface area contributed by atoms with Crippen LogP contribution in [-0.4, -0.2) is 30.5 Å². The first-order valence-electron chi connectivity index (χ1n) is 6.64. The molecule has 0 N–H and O–H groups in total. The fourth-order valence-electron chi connectivity index (χ4n) is 2.26. The number of rotatable bonds is 3. The van der Waals surface area contributed by atoms with Crippen LogP contribution in [0.5, 0.6) is 5.75 Å². The zero-order valence-electron chi connectivity index (χ0n) is 12.8. The van der Waals surface area contributed by atoms with Crippen molar-refractivity contribution in [3.05, 3.63) is 33.7 Å². The molecule has 0 saturated carbocycles. The van der Waals surface area contributed by atoms with Crippen LogP contribution in [0.1, 0.15) is 13.8 Å². The number of amides is 3. The Morgan fingerprint density at radius 1 is 1.39 bits per heavy atom. The zero-order valence-corrected chi connectivity index (χ0v) is 14.4. The fourth-order valence-corrected chi connectivity index (χ4v) is 2.69. The normalized spacial score (nSPS) is 14.3. The number of nitrogens with zero attached hydrogens (tertiary/aromatic N) is 2. The van der Waals surface area contributed by atoms with Gasteiger partial charge in [0.25, 0.3) is 5.91 Å². The molecular formula is C16H14BrFN2O3. The van der Waals surface area contributed by atoms with Gasteiger partial charge in [-0.1, -0.05) is 5.92 Å². The van der Waals surface area contributed by atoms with Crippen molar-refractivity contribution in [2.75, 3.05) is 18.6 Å². The molecule has 0 unspecified atom stereocenters. The van der Waals surface area contributed by atoms with Gasteiger partial charge in [-0.25, -0.2) is 14.1 Å². The number of ether oxygens (including phenoxy) is 1. The number of benzene rings is 1. The summed E-state index contributed by atoms with van der Waals surface area (Å²) in [7, 11) is 1.47. The molecule has 120 valence electrons. The van der Waals surface area contributed by atoms with Gasteiger partial charge in [-0.3, -0.25) is 9.69 Å². The lowest BCUT2D eigenvalue weighted by Gasteiger charge is -2.16. The van der Waals surface area contributed by atoms with E-state index in [4.69, 9.17) is 11.2 Å². The summed E-state index contributed by atoms with van der Waals surface area (Å²) >= 11 is 3.16. The van der Waals surface area contributed by atoms with Gasteiger partial charge in [0.1, 0.15) is 23.9 Å². The first-order valence-corrected chi connectivity index (χ1v) is 7.43. The predicted molar refractivity (Wildman–Crippen MR) is 87.4 cm³/mol. The molecule has 0 spiro atoms. The molecule has 3 amide bonds. The van der Waals surface area contributed by atoms with Crippen LogP contribution in [-0.2, 0) is 4.79 Å². The third-order valence-corrected chi connectivity index (χ3v) is 3.87. The molecule has 5 nitrogen and oxygen atoms in total. The van der Waals surface area contributed by atoms with Gasteiger partial charge in [-0.05, 0) is 41.4 Å². The average molecular weight is 381 g/mol.